The summed E-state index contributed by atoms with van der Waals surface area (Å²) < 4.78 is 0. The highest BCUT2D eigenvalue weighted by Crippen LogP contribution is 2.34. The monoisotopic (exact) mass is 286 g/mol. The van der Waals surface area contributed by atoms with Crippen LogP contribution in [0.2, 0.25) is 0 Å². The third kappa shape index (κ3) is 4.31. The standard InChI is InChI=1S/C19H30N2/c1-15(2)10-11-21-14-19(17-8-9-17)20-13-18(21)12-16-6-4-3-5-7-16/h3-7,15,17-20H,8-14H2,1-2H3. The molecule has 1 aliphatic carbocycles. The van der Waals surface area contributed by atoms with Crippen LogP contribution in [-0.2, 0) is 6.42 Å². The van der Waals surface area contributed by atoms with Gasteiger partial charge in [-0.3, -0.25) is 4.90 Å². The van der Waals surface area contributed by atoms with Crippen molar-refractivity contribution in [3.63, 3.8) is 0 Å². The minimum absolute atomic E-state index is 0.668. The van der Waals surface area contributed by atoms with E-state index in [4.69, 9.17) is 0 Å². The molecule has 1 heterocycles. The minimum Gasteiger partial charge on any atom is -0.311 e. The van der Waals surface area contributed by atoms with Gasteiger partial charge in [0.15, 0.2) is 0 Å². The molecule has 2 atom stereocenters. The van der Waals surface area contributed by atoms with Gasteiger partial charge in [-0.05, 0) is 49.6 Å². The molecule has 21 heavy (non-hydrogen) atoms. The van der Waals surface area contributed by atoms with Crippen LogP contribution in [-0.4, -0.2) is 36.6 Å². The van der Waals surface area contributed by atoms with Crippen molar-refractivity contribution in [1.29, 1.82) is 0 Å². The molecule has 1 N–H and O–H groups in total. The Morgan fingerprint density at radius 3 is 2.62 bits per heavy atom. The molecule has 0 aromatic heterocycles. The van der Waals surface area contributed by atoms with Crippen LogP contribution in [0.4, 0.5) is 0 Å². The number of rotatable bonds is 6. The Morgan fingerprint density at radius 1 is 1.19 bits per heavy atom. The molecule has 2 nitrogen and oxygen atoms in total. The molecule has 1 aliphatic heterocycles. The maximum Gasteiger partial charge on any atom is 0.0261 e. The van der Waals surface area contributed by atoms with E-state index in [-0.39, 0.29) is 0 Å². The summed E-state index contributed by atoms with van der Waals surface area (Å²) in [6.45, 7) is 8.36. The van der Waals surface area contributed by atoms with E-state index in [1.807, 2.05) is 0 Å². The third-order valence-corrected chi connectivity index (χ3v) is 5.06. The van der Waals surface area contributed by atoms with Crippen LogP contribution in [0.3, 0.4) is 0 Å². The maximum atomic E-state index is 3.83. The Bertz CT molecular complexity index is 424. The lowest BCUT2D eigenvalue weighted by molar-refractivity contribution is 0.116. The molecule has 1 saturated heterocycles. The molecule has 0 spiro atoms. The zero-order valence-corrected chi connectivity index (χ0v) is 13.6. The van der Waals surface area contributed by atoms with Gasteiger partial charge in [0, 0.05) is 25.2 Å². The molecular formula is C19H30N2. The molecule has 2 aliphatic rings. The highest BCUT2D eigenvalue weighted by atomic mass is 15.2. The van der Waals surface area contributed by atoms with Gasteiger partial charge in [-0.1, -0.05) is 44.2 Å². The van der Waals surface area contributed by atoms with Gasteiger partial charge in [-0.25, -0.2) is 0 Å². The summed E-state index contributed by atoms with van der Waals surface area (Å²) in [6, 6.07) is 12.4. The Balaban J connectivity index is 1.61. The van der Waals surface area contributed by atoms with Gasteiger partial charge in [0.2, 0.25) is 0 Å². The van der Waals surface area contributed by atoms with Crippen LogP contribution < -0.4 is 5.32 Å². The van der Waals surface area contributed by atoms with Crippen molar-refractivity contribution < 1.29 is 0 Å². The first-order chi connectivity index (χ1) is 10.2. The van der Waals surface area contributed by atoms with Gasteiger partial charge < -0.3 is 5.32 Å². The second kappa shape index (κ2) is 6.93. The number of hydrogen-bond donors (Lipinski definition) is 1. The fourth-order valence-corrected chi connectivity index (χ4v) is 3.48. The first-order valence-corrected chi connectivity index (χ1v) is 8.73. The molecule has 2 unspecified atom stereocenters. The summed E-state index contributed by atoms with van der Waals surface area (Å²) in [7, 11) is 0. The Kier molecular flexibility index (Phi) is 4.97. The summed E-state index contributed by atoms with van der Waals surface area (Å²) in [5, 5.41) is 3.83. The number of piperazine rings is 1. The van der Waals surface area contributed by atoms with Crippen molar-refractivity contribution in [3.05, 3.63) is 35.9 Å². The van der Waals surface area contributed by atoms with Crippen LogP contribution in [0.5, 0.6) is 0 Å². The highest BCUT2D eigenvalue weighted by molar-refractivity contribution is 5.16. The molecule has 1 aromatic carbocycles. The van der Waals surface area contributed by atoms with E-state index in [1.165, 1.54) is 44.3 Å². The molecule has 0 radical (unpaired) electrons. The average molecular weight is 286 g/mol. The lowest BCUT2D eigenvalue weighted by atomic mass is 9.98. The fourth-order valence-electron chi connectivity index (χ4n) is 3.48. The van der Waals surface area contributed by atoms with Crippen LogP contribution in [0.1, 0.15) is 38.7 Å². The molecule has 2 fully saturated rings. The van der Waals surface area contributed by atoms with E-state index in [0.29, 0.717) is 6.04 Å². The van der Waals surface area contributed by atoms with Crippen molar-refractivity contribution in [2.24, 2.45) is 11.8 Å². The highest BCUT2D eigenvalue weighted by Gasteiger charge is 2.36. The second-order valence-corrected chi connectivity index (χ2v) is 7.37. The lowest BCUT2D eigenvalue weighted by Crippen LogP contribution is -2.58. The van der Waals surface area contributed by atoms with Gasteiger partial charge in [0.1, 0.15) is 0 Å². The minimum atomic E-state index is 0.668. The molecule has 2 heteroatoms. The quantitative estimate of drug-likeness (QED) is 0.863. The Hall–Kier alpha value is -0.860. The van der Waals surface area contributed by atoms with Gasteiger partial charge in [0.25, 0.3) is 0 Å². The van der Waals surface area contributed by atoms with Crippen molar-refractivity contribution in [3.8, 4) is 0 Å². The predicted molar refractivity (Wildman–Crippen MR) is 89.5 cm³/mol. The summed E-state index contributed by atoms with van der Waals surface area (Å²) in [5.74, 6) is 1.76. The van der Waals surface area contributed by atoms with Crippen molar-refractivity contribution >= 4 is 0 Å². The summed E-state index contributed by atoms with van der Waals surface area (Å²) in [4.78, 5) is 2.77. The summed E-state index contributed by atoms with van der Waals surface area (Å²) in [5.41, 5.74) is 1.48. The summed E-state index contributed by atoms with van der Waals surface area (Å²) in [6.07, 6.45) is 5.39. The molecule has 116 valence electrons. The second-order valence-electron chi connectivity index (χ2n) is 7.37. The zero-order chi connectivity index (χ0) is 14.7. The van der Waals surface area contributed by atoms with E-state index in [0.717, 1.165) is 24.4 Å². The van der Waals surface area contributed by atoms with Crippen molar-refractivity contribution in [1.82, 2.24) is 10.2 Å². The first-order valence-electron chi connectivity index (χ1n) is 8.73. The molecule has 1 aromatic rings. The van der Waals surface area contributed by atoms with E-state index in [9.17, 15) is 0 Å². The molecule has 0 amide bonds. The van der Waals surface area contributed by atoms with Crippen LogP contribution in [0.15, 0.2) is 30.3 Å². The average Bonchev–Trinajstić information content (AvgIpc) is 3.32. The number of benzene rings is 1. The largest absolute Gasteiger partial charge is 0.311 e. The summed E-state index contributed by atoms with van der Waals surface area (Å²) >= 11 is 0. The predicted octanol–water partition coefficient (Wildman–Crippen LogP) is 3.33. The first kappa shape index (κ1) is 15.1. The van der Waals surface area contributed by atoms with E-state index < -0.39 is 0 Å². The Morgan fingerprint density at radius 2 is 1.95 bits per heavy atom. The van der Waals surface area contributed by atoms with Crippen molar-refractivity contribution in [2.45, 2.75) is 51.6 Å². The van der Waals surface area contributed by atoms with E-state index in [2.05, 4.69) is 54.4 Å². The van der Waals surface area contributed by atoms with Crippen LogP contribution in [0.25, 0.3) is 0 Å². The molecule has 1 saturated carbocycles. The SMILES string of the molecule is CC(C)CCN1CC(C2CC2)NCC1Cc1ccccc1. The normalized spacial score (nSPS) is 27.2. The Labute approximate surface area is 129 Å². The maximum absolute atomic E-state index is 3.83. The van der Waals surface area contributed by atoms with Crippen LogP contribution >= 0.6 is 0 Å². The number of nitrogens with zero attached hydrogens (tertiary/aromatic N) is 1. The lowest BCUT2D eigenvalue weighted by Gasteiger charge is -2.41. The van der Waals surface area contributed by atoms with Gasteiger partial charge in [0.05, 0.1) is 0 Å². The fraction of sp³-hybridized carbons (Fsp3) is 0.684. The number of hydrogen-bond acceptors (Lipinski definition) is 2. The zero-order valence-electron chi connectivity index (χ0n) is 13.6. The van der Waals surface area contributed by atoms with Gasteiger partial charge in [-0.2, -0.15) is 0 Å². The smallest absolute Gasteiger partial charge is 0.0261 e. The van der Waals surface area contributed by atoms with Gasteiger partial charge >= 0.3 is 0 Å². The van der Waals surface area contributed by atoms with Crippen LogP contribution in [0, 0.1) is 11.8 Å². The van der Waals surface area contributed by atoms with Crippen molar-refractivity contribution in [2.75, 3.05) is 19.6 Å². The molecule has 0 bridgehead atoms. The third-order valence-electron chi connectivity index (χ3n) is 5.06. The van der Waals surface area contributed by atoms with E-state index >= 15 is 0 Å². The molecule has 3 rings (SSSR count). The van der Waals surface area contributed by atoms with Gasteiger partial charge in [-0.15, -0.1) is 0 Å². The number of nitrogens with one attached hydrogen (secondary N) is 1. The molecular weight excluding hydrogens is 256 g/mol. The topological polar surface area (TPSA) is 15.3 Å². The van der Waals surface area contributed by atoms with E-state index in [1.54, 1.807) is 0 Å².